The Bertz CT molecular complexity index is 429. The summed E-state index contributed by atoms with van der Waals surface area (Å²) in [6.45, 7) is 2.53. The summed E-state index contributed by atoms with van der Waals surface area (Å²) in [6.07, 6.45) is 8.80. The van der Waals surface area contributed by atoms with E-state index in [0.717, 1.165) is 31.6 Å². The van der Waals surface area contributed by atoms with Crippen LogP contribution in [0.15, 0.2) is 24.0 Å². The van der Waals surface area contributed by atoms with Gasteiger partial charge in [0.2, 0.25) is 5.79 Å². The first-order valence-electron chi connectivity index (χ1n) is 5.49. The first kappa shape index (κ1) is 10.9. The minimum Gasteiger partial charge on any atom is -0.458 e. The van der Waals surface area contributed by atoms with Crippen LogP contribution >= 0.6 is 0 Å². The largest absolute Gasteiger partial charge is 0.458 e. The molecule has 0 aromatic rings. The van der Waals surface area contributed by atoms with Gasteiger partial charge in [0.1, 0.15) is 5.76 Å². The molecule has 82 valence electrons. The first-order chi connectivity index (χ1) is 7.85. The highest BCUT2D eigenvalue weighted by Gasteiger charge is 2.36. The molecule has 2 heteroatoms. The summed E-state index contributed by atoms with van der Waals surface area (Å²) >= 11 is 0. The van der Waals surface area contributed by atoms with Crippen molar-refractivity contribution >= 4 is 0 Å². The Morgan fingerprint density at radius 1 is 1.38 bits per heavy atom. The van der Waals surface area contributed by atoms with Crippen molar-refractivity contribution in [3.63, 3.8) is 0 Å². The standard InChI is InChI=1S/C14H14O2/c1-2-3-4-5-8-13-9-11-14(16-13)10-6-7-12-15-14/h8-9,11H,6-7,10,12H2,1H3. The van der Waals surface area contributed by atoms with Crippen molar-refractivity contribution in [2.45, 2.75) is 32.0 Å². The molecule has 16 heavy (non-hydrogen) atoms. The molecular formula is C14H14O2. The molecule has 1 spiro atoms. The molecule has 1 saturated heterocycles. The van der Waals surface area contributed by atoms with Crippen LogP contribution in [-0.2, 0) is 9.47 Å². The fourth-order valence-electron chi connectivity index (χ4n) is 1.76. The number of hydrogen-bond acceptors (Lipinski definition) is 2. The molecule has 0 saturated carbocycles. The molecule has 0 aromatic heterocycles. The van der Waals surface area contributed by atoms with Crippen LogP contribution in [0, 0.1) is 23.7 Å². The Balaban J connectivity index is 2.00. The third-order valence-electron chi connectivity index (χ3n) is 2.53. The summed E-state index contributed by atoms with van der Waals surface area (Å²) in [5.41, 5.74) is 0. The van der Waals surface area contributed by atoms with Crippen LogP contribution in [0.1, 0.15) is 26.2 Å². The lowest BCUT2D eigenvalue weighted by Gasteiger charge is -2.31. The molecule has 2 rings (SSSR count). The second kappa shape index (κ2) is 4.92. The monoisotopic (exact) mass is 214 g/mol. The highest BCUT2D eigenvalue weighted by molar-refractivity contribution is 5.35. The quantitative estimate of drug-likeness (QED) is 0.576. The van der Waals surface area contributed by atoms with Gasteiger partial charge in [-0.15, -0.1) is 0 Å². The van der Waals surface area contributed by atoms with Gasteiger partial charge in [0.15, 0.2) is 0 Å². The van der Waals surface area contributed by atoms with Gasteiger partial charge < -0.3 is 9.47 Å². The molecule has 0 aromatic carbocycles. The molecule has 0 radical (unpaired) electrons. The first-order valence-corrected chi connectivity index (χ1v) is 5.49. The molecule has 0 bridgehead atoms. The van der Waals surface area contributed by atoms with Crippen LogP contribution in [0.5, 0.6) is 0 Å². The molecule has 2 aliphatic heterocycles. The van der Waals surface area contributed by atoms with E-state index in [1.165, 1.54) is 0 Å². The van der Waals surface area contributed by atoms with E-state index in [0.29, 0.717) is 0 Å². The van der Waals surface area contributed by atoms with Gasteiger partial charge in [-0.05, 0) is 43.8 Å². The molecule has 1 atom stereocenters. The van der Waals surface area contributed by atoms with E-state index in [1.54, 1.807) is 13.0 Å². The molecular weight excluding hydrogens is 200 g/mol. The van der Waals surface area contributed by atoms with Gasteiger partial charge in [0.25, 0.3) is 0 Å². The van der Waals surface area contributed by atoms with Crippen molar-refractivity contribution in [1.29, 1.82) is 0 Å². The minimum atomic E-state index is -0.512. The fraction of sp³-hybridized carbons (Fsp3) is 0.429. The van der Waals surface area contributed by atoms with Gasteiger partial charge in [-0.1, -0.05) is 11.8 Å². The van der Waals surface area contributed by atoms with E-state index in [4.69, 9.17) is 9.47 Å². The van der Waals surface area contributed by atoms with Gasteiger partial charge in [-0.2, -0.15) is 0 Å². The van der Waals surface area contributed by atoms with Gasteiger partial charge in [-0.25, -0.2) is 0 Å². The maximum absolute atomic E-state index is 5.75. The molecule has 0 N–H and O–H groups in total. The molecule has 0 amide bonds. The zero-order valence-electron chi connectivity index (χ0n) is 9.38. The summed E-state index contributed by atoms with van der Waals surface area (Å²) in [5.74, 6) is 11.2. The van der Waals surface area contributed by atoms with Crippen molar-refractivity contribution in [2.75, 3.05) is 6.61 Å². The molecule has 2 aliphatic rings. The van der Waals surface area contributed by atoms with Crippen molar-refractivity contribution < 1.29 is 9.47 Å². The third-order valence-corrected chi connectivity index (χ3v) is 2.53. The van der Waals surface area contributed by atoms with Crippen LogP contribution in [0.3, 0.4) is 0 Å². The Hall–Kier alpha value is -1.64. The Labute approximate surface area is 96.3 Å². The van der Waals surface area contributed by atoms with Crippen LogP contribution in [0.2, 0.25) is 0 Å². The lowest BCUT2D eigenvalue weighted by Crippen LogP contribution is -2.34. The number of rotatable bonds is 0. The predicted molar refractivity (Wildman–Crippen MR) is 62.1 cm³/mol. The van der Waals surface area contributed by atoms with E-state index in [9.17, 15) is 0 Å². The third kappa shape index (κ3) is 2.48. The lowest BCUT2D eigenvalue weighted by atomic mass is 10.1. The minimum absolute atomic E-state index is 0.512. The maximum Gasteiger partial charge on any atom is 0.230 e. The van der Waals surface area contributed by atoms with Crippen LogP contribution in [0.4, 0.5) is 0 Å². The second-order valence-corrected chi connectivity index (χ2v) is 3.74. The van der Waals surface area contributed by atoms with Crippen molar-refractivity contribution in [1.82, 2.24) is 0 Å². The topological polar surface area (TPSA) is 18.5 Å². The van der Waals surface area contributed by atoms with Gasteiger partial charge >= 0.3 is 0 Å². The number of hydrogen-bond donors (Lipinski definition) is 0. The summed E-state index contributed by atoms with van der Waals surface area (Å²) < 4.78 is 11.4. The zero-order chi connectivity index (χ0) is 11.3. The van der Waals surface area contributed by atoms with Crippen LogP contribution < -0.4 is 0 Å². The summed E-state index contributed by atoms with van der Waals surface area (Å²) in [7, 11) is 0. The van der Waals surface area contributed by atoms with Gasteiger partial charge in [-0.3, -0.25) is 0 Å². The average molecular weight is 214 g/mol. The fourth-order valence-corrected chi connectivity index (χ4v) is 1.76. The summed E-state index contributed by atoms with van der Waals surface area (Å²) in [4.78, 5) is 0. The molecule has 1 fully saturated rings. The Morgan fingerprint density at radius 3 is 3.06 bits per heavy atom. The highest BCUT2D eigenvalue weighted by Crippen LogP contribution is 2.34. The SMILES string of the molecule is CC#CC#CC=C1C=CC2(CCCCO2)O1. The second-order valence-electron chi connectivity index (χ2n) is 3.74. The predicted octanol–water partition coefficient (Wildman–Crippen LogP) is 2.38. The number of ether oxygens (including phenoxy) is 2. The maximum atomic E-state index is 5.75. The van der Waals surface area contributed by atoms with Crippen LogP contribution in [-0.4, -0.2) is 12.4 Å². The summed E-state index contributed by atoms with van der Waals surface area (Å²) in [5, 5.41) is 0. The summed E-state index contributed by atoms with van der Waals surface area (Å²) in [6, 6.07) is 0. The van der Waals surface area contributed by atoms with Gasteiger partial charge in [0, 0.05) is 12.5 Å². The molecule has 2 nitrogen and oxygen atoms in total. The van der Waals surface area contributed by atoms with E-state index in [2.05, 4.69) is 23.7 Å². The smallest absolute Gasteiger partial charge is 0.230 e. The molecule has 1 unspecified atom stereocenters. The van der Waals surface area contributed by atoms with Crippen molar-refractivity contribution in [3.8, 4) is 23.7 Å². The van der Waals surface area contributed by atoms with E-state index >= 15 is 0 Å². The van der Waals surface area contributed by atoms with E-state index in [-0.39, 0.29) is 0 Å². The molecule has 0 aliphatic carbocycles. The normalized spacial score (nSPS) is 29.2. The van der Waals surface area contributed by atoms with Gasteiger partial charge in [0.05, 0.1) is 6.61 Å². The number of allylic oxidation sites excluding steroid dienone is 2. The average Bonchev–Trinajstić information content (AvgIpc) is 2.69. The van der Waals surface area contributed by atoms with E-state index in [1.807, 2.05) is 12.2 Å². The Kier molecular flexibility index (Phi) is 3.34. The van der Waals surface area contributed by atoms with E-state index < -0.39 is 5.79 Å². The lowest BCUT2D eigenvalue weighted by molar-refractivity contribution is -0.191. The van der Waals surface area contributed by atoms with Crippen molar-refractivity contribution in [3.05, 3.63) is 24.0 Å². The van der Waals surface area contributed by atoms with Crippen LogP contribution in [0.25, 0.3) is 0 Å². The molecule has 2 heterocycles. The highest BCUT2D eigenvalue weighted by atomic mass is 16.7. The van der Waals surface area contributed by atoms with Crippen molar-refractivity contribution in [2.24, 2.45) is 0 Å². The zero-order valence-corrected chi connectivity index (χ0v) is 9.38. The Morgan fingerprint density at radius 2 is 2.31 bits per heavy atom.